The van der Waals surface area contributed by atoms with Crippen molar-refractivity contribution in [2.24, 2.45) is 5.41 Å². The predicted octanol–water partition coefficient (Wildman–Crippen LogP) is 3.56. The summed E-state index contributed by atoms with van der Waals surface area (Å²) in [5.41, 5.74) is 0.678. The van der Waals surface area contributed by atoms with Gasteiger partial charge >= 0.3 is 0 Å². The van der Waals surface area contributed by atoms with Crippen LogP contribution in [0.2, 0.25) is 0 Å². The van der Waals surface area contributed by atoms with Crippen molar-refractivity contribution in [2.45, 2.75) is 31.1 Å². The number of nitrogens with one attached hydrogen (secondary N) is 1. The highest BCUT2D eigenvalue weighted by Gasteiger charge is 2.39. The fraction of sp³-hybridized carbons (Fsp3) is 0.571. The van der Waals surface area contributed by atoms with E-state index in [2.05, 4.69) is 42.6 Å². The summed E-state index contributed by atoms with van der Waals surface area (Å²) >= 11 is 1.94. The molecule has 0 radical (unpaired) electrons. The van der Waals surface area contributed by atoms with Crippen LogP contribution in [0.3, 0.4) is 0 Å². The molecule has 1 aromatic carbocycles. The molecule has 2 rings (SSSR count). The molecule has 88 valence electrons. The van der Waals surface area contributed by atoms with Gasteiger partial charge in [-0.25, -0.2) is 0 Å². The largest absolute Gasteiger partial charge is 0.315 e. The Morgan fingerprint density at radius 1 is 1.25 bits per heavy atom. The van der Waals surface area contributed by atoms with Gasteiger partial charge in [-0.2, -0.15) is 0 Å². The molecule has 1 saturated carbocycles. The lowest BCUT2D eigenvalue weighted by molar-refractivity contribution is 0.452. The van der Waals surface area contributed by atoms with E-state index >= 15 is 0 Å². The number of benzene rings is 1. The molecule has 1 fully saturated rings. The standard InChI is InChI=1S/C14H21NS/c1-2-14(8-9-14)12-15-10-11-16-13-6-4-3-5-7-13/h3-7,15H,2,8-12H2,1H3. The molecule has 1 N–H and O–H groups in total. The number of thioether (sulfide) groups is 1. The topological polar surface area (TPSA) is 12.0 Å². The molecule has 1 aromatic rings. The summed E-state index contributed by atoms with van der Waals surface area (Å²) in [5.74, 6) is 1.17. The van der Waals surface area contributed by atoms with E-state index in [-0.39, 0.29) is 0 Å². The van der Waals surface area contributed by atoms with Gasteiger partial charge in [0.15, 0.2) is 0 Å². The van der Waals surface area contributed by atoms with Crippen molar-refractivity contribution in [2.75, 3.05) is 18.8 Å². The molecule has 0 amide bonds. The third-order valence-corrected chi connectivity index (χ3v) is 4.51. The van der Waals surface area contributed by atoms with Crippen LogP contribution in [0.1, 0.15) is 26.2 Å². The maximum Gasteiger partial charge on any atom is 0.0106 e. The molecular weight excluding hydrogens is 214 g/mol. The predicted molar refractivity (Wildman–Crippen MR) is 72.0 cm³/mol. The van der Waals surface area contributed by atoms with Crippen LogP contribution in [0.15, 0.2) is 35.2 Å². The van der Waals surface area contributed by atoms with Crippen LogP contribution in [0.5, 0.6) is 0 Å². The molecule has 2 heteroatoms. The van der Waals surface area contributed by atoms with Crippen molar-refractivity contribution in [3.63, 3.8) is 0 Å². The normalized spacial score (nSPS) is 17.3. The zero-order valence-corrected chi connectivity index (χ0v) is 10.9. The lowest BCUT2D eigenvalue weighted by Crippen LogP contribution is -2.25. The monoisotopic (exact) mass is 235 g/mol. The van der Waals surface area contributed by atoms with E-state index in [0.29, 0.717) is 5.41 Å². The molecule has 1 aliphatic carbocycles. The molecule has 0 aliphatic heterocycles. The Hall–Kier alpha value is -0.470. The zero-order valence-electron chi connectivity index (χ0n) is 10.0. The van der Waals surface area contributed by atoms with Crippen molar-refractivity contribution >= 4 is 11.8 Å². The average Bonchev–Trinajstić information content (AvgIpc) is 3.11. The van der Waals surface area contributed by atoms with Gasteiger partial charge in [-0.1, -0.05) is 25.1 Å². The van der Waals surface area contributed by atoms with Crippen LogP contribution in [0, 0.1) is 5.41 Å². The number of hydrogen-bond donors (Lipinski definition) is 1. The SMILES string of the molecule is CCC1(CNCCSc2ccccc2)CC1. The first-order valence-corrected chi connectivity index (χ1v) is 7.22. The van der Waals surface area contributed by atoms with Crippen LogP contribution < -0.4 is 5.32 Å². The van der Waals surface area contributed by atoms with Gasteiger partial charge in [0.05, 0.1) is 0 Å². The van der Waals surface area contributed by atoms with E-state index in [1.165, 1.54) is 36.5 Å². The fourth-order valence-electron chi connectivity index (χ4n) is 1.94. The second-order valence-corrected chi connectivity index (χ2v) is 5.86. The van der Waals surface area contributed by atoms with Gasteiger partial charge in [-0.05, 0) is 36.8 Å². The van der Waals surface area contributed by atoms with Gasteiger partial charge in [-0.15, -0.1) is 11.8 Å². The van der Waals surface area contributed by atoms with Crippen LogP contribution >= 0.6 is 11.8 Å². The van der Waals surface area contributed by atoms with Gasteiger partial charge in [0.1, 0.15) is 0 Å². The smallest absolute Gasteiger partial charge is 0.0106 e. The first kappa shape index (κ1) is 12.0. The van der Waals surface area contributed by atoms with Crippen molar-refractivity contribution in [3.8, 4) is 0 Å². The van der Waals surface area contributed by atoms with E-state index in [0.717, 1.165) is 6.54 Å². The van der Waals surface area contributed by atoms with E-state index in [4.69, 9.17) is 0 Å². The highest BCUT2D eigenvalue weighted by atomic mass is 32.2. The van der Waals surface area contributed by atoms with E-state index in [1.54, 1.807) is 0 Å². The van der Waals surface area contributed by atoms with Gasteiger partial charge in [0, 0.05) is 23.7 Å². The Kier molecular flexibility index (Phi) is 4.30. The third-order valence-electron chi connectivity index (χ3n) is 3.50. The van der Waals surface area contributed by atoms with Crippen LogP contribution in [0.25, 0.3) is 0 Å². The first-order valence-electron chi connectivity index (χ1n) is 6.23. The van der Waals surface area contributed by atoms with Crippen LogP contribution in [-0.4, -0.2) is 18.8 Å². The summed E-state index contributed by atoms with van der Waals surface area (Å²) in [6.07, 6.45) is 4.20. The molecule has 16 heavy (non-hydrogen) atoms. The summed E-state index contributed by atoms with van der Waals surface area (Å²) in [6.45, 7) is 4.66. The summed E-state index contributed by atoms with van der Waals surface area (Å²) < 4.78 is 0. The van der Waals surface area contributed by atoms with Crippen molar-refractivity contribution in [1.29, 1.82) is 0 Å². The van der Waals surface area contributed by atoms with E-state index in [1.807, 2.05) is 11.8 Å². The van der Waals surface area contributed by atoms with Crippen LogP contribution in [0.4, 0.5) is 0 Å². The van der Waals surface area contributed by atoms with Crippen molar-refractivity contribution < 1.29 is 0 Å². The minimum Gasteiger partial charge on any atom is -0.315 e. The summed E-state index contributed by atoms with van der Waals surface area (Å²) in [7, 11) is 0. The third kappa shape index (κ3) is 3.53. The molecule has 1 aliphatic rings. The quantitative estimate of drug-likeness (QED) is 0.573. The van der Waals surface area contributed by atoms with E-state index < -0.39 is 0 Å². The maximum absolute atomic E-state index is 3.59. The van der Waals surface area contributed by atoms with Crippen molar-refractivity contribution in [3.05, 3.63) is 30.3 Å². The van der Waals surface area contributed by atoms with Crippen LogP contribution in [-0.2, 0) is 0 Å². The Morgan fingerprint density at radius 3 is 2.62 bits per heavy atom. The average molecular weight is 235 g/mol. The Bertz CT molecular complexity index is 306. The summed E-state index contributed by atoms with van der Waals surface area (Å²) in [5, 5.41) is 3.59. The van der Waals surface area contributed by atoms with Crippen molar-refractivity contribution in [1.82, 2.24) is 5.32 Å². The first-order chi connectivity index (χ1) is 7.85. The lowest BCUT2D eigenvalue weighted by Gasteiger charge is -2.12. The number of hydrogen-bond acceptors (Lipinski definition) is 2. The molecule has 0 unspecified atom stereocenters. The fourth-order valence-corrected chi connectivity index (χ4v) is 2.78. The molecule has 0 aromatic heterocycles. The molecule has 0 bridgehead atoms. The molecule has 0 spiro atoms. The number of rotatable bonds is 7. The van der Waals surface area contributed by atoms with Gasteiger partial charge in [0.25, 0.3) is 0 Å². The van der Waals surface area contributed by atoms with E-state index in [9.17, 15) is 0 Å². The summed E-state index contributed by atoms with van der Waals surface area (Å²) in [6, 6.07) is 10.6. The Balaban J connectivity index is 1.56. The Labute approximate surface area is 103 Å². The van der Waals surface area contributed by atoms with Gasteiger partial charge in [0.2, 0.25) is 0 Å². The highest BCUT2D eigenvalue weighted by molar-refractivity contribution is 7.99. The molecule has 0 heterocycles. The van der Waals surface area contributed by atoms with Gasteiger partial charge < -0.3 is 5.32 Å². The van der Waals surface area contributed by atoms with Gasteiger partial charge in [-0.3, -0.25) is 0 Å². The zero-order chi connectivity index (χ0) is 11.3. The minimum atomic E-state index is 0.678. The lowest BCUT2D eigenvalue weighted by atomic mass is 10.0. The highest BCUT2D eigenvalue weighted by Crippen LogP contribution is 2.47. The maximum atomic E-state index is 3.59. The molecule has 1 nitrogen and oxygen atoms in total. The Morgan fingerprint density at radius 2 is 2.00 bits per heavy atom. The summed E-state index contributed by atoms with van der Waals surface area (Å²) in [4.78, 5) is 1.38. The molecule has 0 saturated heterocycles. The molecule has 0 atom stereocenters. The second-order valence-electron chi connectivity index (χ2n) is 4.69. The minimum absolute atomic E-state index is 0.678. The second kappa shape index (κ2) is 5.74. The molecular formula is C14H21NS.